The van der Waals surface area contributed by atoms with Crippen LogP contribution < -0.4 is 10.2 Å². The fourth-order valence-corrected chi connectivity index (χ4v) is 3.28. The largest absolute Gasteiger partial charge is 0.348 e. The summed E-state index contributed by atoms with van der Waals surface area (Å²) in [5, 5.41) is 3.54. The van der Waals surface area contributed by atoms with Gasteiger partial charge in [-0.2, -0.15) is 0 Å². The van der Waals surface area contributed by atoms with Crippen LogP contribution in [0.15, 0.2) is 18.3 Å². The molecule has 3 atom stereocenters. The van der Waals surface area contributed by atoms with Crippen molar-refractivity contribution in [3.8, 4) is 0 Å². The summed E-state index contributed by atoms with van der Waals surface area (Å²) in [6.45, 7) is 6.74. The van der Waals surface area contributed by atoms with Crippen LogP contribution in [-0.4, -0.2) is 30.2 Å². The van der Waals surface area contributed by atoms with Gasteiger partial charge >= 0.3 is 0 Å². The SMILES string of the molecule is CCC1c2cccnc2N2[C@H](C)CNC[C@@H]12. The average molecular weight is 217 g/mol. The van der Waals surface area contributed by atoms with E-state index in [9.17, 15) is 0 Å². The summed E-state index contributed by atoms with van der Waals surface area (Å²) in [4.78, 5) is 7.12. The third-order valence-corrected chi connectivity index (χ3v) is 3.99. The minimum absolute atomic E-state index is 0.559. The van der Waals surface area contributed by atoms with Crippen molar-refractivity contribution in [3.63, 3.8) is 0 Å². The lowest BCUT2D eigenvalue weighted by Crippen LogP contribution is -2.55. The topological polar surface area (TPSA) is 28.2 Å². The van der Waals surface area contributed by atoms with Crippen LogP contribution in [0.1, 0.15) is 31.7 Å². The number of nitrogens with zero attached hydrogens (tertiary/aromatic N) is 2. The first-order chi connectivity index (χ1) is 7.83. The molecule has 0 radical (unpaired) electrons. The fraction of sp³-hybridized carbons (Fsp3) is 0.615. The Labute approximate surface area is 96.9 Å². The third-order valence-electron chi connectivity index (χ3n) is 3.99. The van der Waals surface area contributed by atoms with Crippen molar-refractivity contribution in [2.75, 3.05) is 18.0 Å². The maximum absolute atomic E-state index is 4.59. The molecule has 0 saturated carbocycles. The summed E-state index contributed by atoms with van der Waals surface area (Å²) in [6.07, 6.45) is 3.12. The first kappa shape index (κ1) is 10.1. The number of fused-ring (bicyclic) bond motifs is 3. The van der Waals surface area contributed by atoms with Crippen LogP contribution in [0, 0.1) is 0 Å². The summed E-state index contributed by atoms with van der Waals surface area (Å²) < 4.78 is 0. The molecule has 1 N–H and O–H groups in total. The van der Waals surface area contributed by atoms with Crippen molar-refractivity contribution >= 4 is 5.82 Å². The highest BCUT2D eigenvalue weighted by molar-refractivity contribution is 5.58. The Morgan fingerprint density at radius 2 is 2.38 bits per heavy atom. The van der Waals surface area contributed by atoms with Crippen molar-refractivity contribution in [3.05, 3.63) is 23.9 Å². The van der Waals surface area contributed by atoms with Gasteiger partial charge in [0.05, 0.1) is 6.04 Å². The molecule has 86 valence electrons. The zero-order valence-electron chi connectivity index (χ0n) is 9.98. The summed E-state index contributed by atoms with van der Waals surface area (Å²) in [7, 11) is 0. The number of pyridine rings is 1. The van der Waals surface area contributed by atoms with Gasteiger partial charge in [0.25, 0.3) is 0 Å². The number of nitrogens with one attached hydrogen (secondary N) is 1. The van der Waals surface area contributed by atoms with Gasteiger partial charge in [0, 0.05) is 31.2 Å². The van der Waals surface area contributed by atoms with Gasteiger partial charge in [-0.05, 0) is 25.0 Å². The Bertz CT molecular complexity index is 391. The van der Waals surface area contributed by atoms with Gasteiger partial charge in [0.2, 0.25) is 0 Å². The zero-order valence-corrected chi connectivity index (χ0v) is 9.98. The first-order valence-electron chi connectivity index (χ1n) is 6.27. The van der Waals surface area contributed by atoms with Crippen LogP contribution in [0.3, 0.4) is 0 Å². The average Bonchev–Trinajstić information content (AvgIpc) is 2.64. The Balaban J connectivity index is 2.07. The molecule has 3 nitrogen and oxygen atoms in total. The van der Waals surface area contributed by atoms with Gasteiger partial charge in [0.15, 0.2) is 0 Å². The van der Waals surface area contributed by atoms with E-state index in [0.717, 1.165) is 13.1 Å². The predicted octanol–water partition coefficient (Wildman–Crippen LogP) is 1.76. The lowest BCUT2D eigenvalue weighted by Gasteiger charge is -2.39. The molecule has 2 aliphatic heterocycles. The van der Waals surface area contributed by atoms with E-state index in [1.165, 1.54) is 17.8 Å². The highest BCUT2D eigenvalue weighted by atomic mass is 15.3. The van der Waals surface area contributed by atoms with Crippen LogP contribution in [0.2, 0.25) is 0 Å². The maximum Gasteiger partial charge on any atom is 0.132 e. The van der Waals surface area contributed by atoms with Gasteiger partial charge < -0.3 is 10.2 Å². The Morgan fingerprint density at radius 1 is 1.50 bits per heavy atom. The lowest BCUT2D eigenvalue weighted by molar-refractivity contribution is 0.387. The highest BCUT2D eigenvalue weighted by Crippen LogP contribution is 2.42. The molecule has 3 heterocycles. The second-order valence-electron chi connectivity index (χ2n) is 4.91. The van der Waals surface area contributed by atoms with E-state index in [2.05, 4.69) is 41.2 Å². The van der Waals surface area contributed by atoms with E-state index in [0.29, 0.717) is 18.0 Å². The monoisotopic (exact) mass is 217 g/mol. The standard InChI is InChI=1S/C13H19N3/c1-3-10-11-5-4-6-15-13(11)16-9(2)7-14-8-12(10)16/h4-6,9-10,12,14H,3,7-8H2,1-2H3/t9-,10?,12+/m1/s1. The molecule has 0 aliphatic carbocycles. The molecule has 0 bridgehead atoms. The molecular formula is C13H19N3. The molecule has 1 aromatic heterocycles. The second-order valence-corrected chi connectivity index (χ2v) is 4.91. The van der Waals surface area contributed by atoms with Crippen LogP contribution in [-0.2, 0) is 0 Å². The molecule has 0 spiro atoms. The quantitative estimate of drug-likeness (QED) is 0.777. The maximum atomic E-state index is 4.59. The summed E-state index contributed by atoms with van der Waals surface area (Å²) in [6, 6.07) is 5.49. The Hall–Kier alpha value is -1.09. The van der Waals surface area contributed by atoms with E-state index in [1.807, 2.05) is 6.20 Å². The molecule has 2 aliphatic rings. The zero-order chi connectivity index (χ0) is 11.1. The van der Waals surface area contributed by atoms with E-state index in [4.69, 9.17) is 0 Å². The van der Waals surface area contributed by atoms with Gasteiger partial charge in [-0.25, -0.2) is 4.98 Å². The van der Waals surface area contributed by atoms with E-state index in [1.54, 1.807) is 0 Å². The number of rotatable bonds is 1. The molecule has 1 unspecified atom stereocenters. The smallest absolute Gasteiger partial charge is 0.132 e. The van der Waals surface area contributed by atoms with Gasteiger partial charge in [-0.3, -0.25) is 0 Å². The van der Waals surface area contributed by atoms with Crippen LogP contribution in [0.5, 0.6) is 0 Å². The minimum atomic E-state index is 0.559. The van der Waals surface area contributed by atoms with Gasteiger partial charge in [-0.15, -0.1) is 0 Å². The van der Waals surface area contributed by atoms with Crippen LogP contribution in [0.4, 0.5) is 5.82 Å². The minimum Gasteiger partial charge on any atom is -0.348 e. The number of hydrogen-bond donors (Lipinski definition) is 1. The predicted molar refractivity (Wildman–Crippen MR) is 65.9 cm³/mol. The van der Waals surface area contributed by atoms with Crippen LogP contribution in [0.25, 0.3) is 0 Å². The van der Waals surface area contributed by atoms with E-state index in [-0.39, 0.29) is 0 Å². The van der Waals surface area contributed by atoms with E-state index >= 15 is 0 Å². The number of hydrogen-bond acceptors (Lipinski definition) is 3. The molecule has 3 heteroatoms. The first-order valence-corrected chi connectivity index (χ1v) is 6.27. The van der Waals surface area contributed by atoms with Crippen molar-refractivity contribution < 1.29 is 0 Å². The molecule has 16 heavy (non-hydrogen) atoms. The van der Waals surface area contributed by atoms with Crippen LogP contribution >= 0.6 is 0 Å². The molecule has 1 aromatic rings. The molecule has 1 saturated heterocycles. The Kier molecular flexibility index (Phi) is 2.36. The van der Waals surface area contributed by atoms with Crippen molar-refractivity contribution in [1.82, 2.24) is 10.3 Å². The third kappa shape index (κ3) is 1.27. The van der Waals surface area contributed by atoms with Gasteiger partial charge in [0.1, 0.15) is 5.82 Å². The van der Waals surface area contributed by atoms with Crippen molar-refractivity contribution in [2.45, 2.75) is 38.3 Å². The second kappa shape index (κ2) is 3.74. The number of piperazine rings is 1. The number of aromatic nitrogens is 1. The number of anilines is 1. The lowest BCUT2D eigenvalue weighted by atomic mass is 9.92. The van der Waals surface area contributed by atoms with E-state index < -0.39 is 0 Å². The molecule has 0 amide bonds. The summed E-state index contributed by atoms with van der Waals surface area (Å²) in [5.41, 5.74) is 1.45. The fourth-order valence-electron chi connectivity index (χ4n) is 3.28. The normalized spacial score (nSPS) is 32.4. The Morgan fingerprint density at radius 3 is 3.19 bits per heavy atom. The molecular weight excluding hydrogens is 198 g/mol. The van der Waals surface area contributed by atoms with Gasteiger partial charge in [-0.1, -0.05) is 13.0 Å². The summed E-state index contributed by atoms with van der Waals surface area (Å²) >= 11 is 0. The highest BCUT2D eigenvalue weighted by Gasteiger charge is 2.42. The molecule has 1 fully saturated rings. The van der Waals surface area contributed by atoms with Crippen molar-refractivity contribution in [2.24, 2.45) is 0 Å². The molecule has 0 aromatic carbocycles. The molecule has 3 rings (SSSR count). The summed E-state index contributed by atoms with van der Waals surface area (Å²) in [5.74, 6) is 1.88. The van der Waals surface area contributed by atoms with Crippen molar-refractivity contribution in [1.29, 1.82) is 0 Å².